The van der Waals surface area contributed by atoms with E-state index >= 15 is 0 Å². The zero-order chi connectivity index (χ0) is 8.16. The molecule has 1 aliphatic heterocycles. The highest BCUT2D eigenvalue weighted by molar-refractivity contribution is 4.88. The molecule has 0 bridgehead atoms. The molecule has 0 aromatic rings. The van der Waals surface area contributed by atoms with E-state index < -0.39 is 0 Å². The highest BCUT2D eigenvalue weighted by Crippen LogP contribution is 2.18. The van der Waals surface area contributed by atoms with Crippen molar-refractivity contribution in [2.45, 2.75) is 38.6 Å². The zero-order valence-electron chi connectivity index (χ0n) is 7.65. The first kappa shape index (κ1) is 9.01. The molecule has 0 aromatic carbocycles. The quantitative estimate of drug-likeness (QED) is 0.625. The lowest BCUT2D eigenvalue weighted by atomic mass is 10.0. The fraction of sp³-hybridized carbons (Fsp3) is 1.00. The molecule has 11 heavy (non-hydrogen) atoms. The summed E-state index contributed by atoms with van der Waals surface area (Å²) in [6, 6.07) is 0. The maximum absolute atomic E-state index is 5.51. The Balaban J connectivity index is 2.13. The van der Waals surface area contributed by atoms with Crippen LogP contribution in [-0.4, -0.2) is 25.3 Å². The Kier molecular flexibility index (Phi) is 3.34. The van der Waals surface area contributed by atoms with Gasteiger partial charge >= 0.3 is 0 Å². The summed E-state index contributed by atoms with van der Waals surface area (Å²) in [5.41, 5.74) is 0.273. The minimum Gasteiger partial charge on any atom is -0.380 e. The van der Waals surface area contributed by atoms with Gasteiger partial charge in [-0.2, -0.15) is 0 Å². The number of rotatable bonds is 4. The van der Waals surface area contributed by atoms with Crippen molar-refractivity contribution in [3.8, 4) is 0 Å². The molecule has 2 heteroatoms. The molecule has 1 fully saturated rings. The van der Waals surface area contributed by atoms with Crippen LogP contribution in [0.25, 0.3) is 0 Å². The molecule has 2 nitrogen and oxygen atoms in total. The average Bonchev–Trinajstić information content (AvgIpc) is 2.38. The standard InChI is InChI=1S/C9H19NO/c1-3-7-11-8-9(2)5-4-6-10-9/h10H,3-8H2,1-2H3. The second-order valence-corrected chi connectivity index (χ2v) is 3.64. The number of ether oxygens (including phenoxy) is 1. The minimum absolute atomic E-state index is 0.273. The Morgan fingerprint density at radius 2 is 2.36 bits per heavy atom. The fourth-order valence-corrected chi connectivity index (χ4v) is 1.52. The molecule has 1 rings (SSSR count). The Bertz CT molecular complexity index is 108. The van der Waals surface area contributed by atoms with Gasteiger partial charge in [-0.05, 0) is 32.7 Å². The molecule has 0 spiro atoms. The largest absolute Gasteiger partial charge is 0.380 e. The van der Waals surface area contributed by atoms with E-state index in [1.807, 2.05) is 0 Å². The van der Waals surface area contributed by atoms with Crippen LogP contribution in [0.2, 0.25) is 0 Å². The molecular weight excluding hydrogens is 138 g/mol. The van der Waals surface area contributed by atoms with Crippen molar-refractivity contribution >= 4 is 0 Å². The molecule has 1 atom stereocenters. The van der Waals surface area contributed by atoms with E-state index in [1.54, 1.807) is 0 Å². The lowest BCUT2D eigenvalue weighted by molar-refractivity contribution is 0.0837. The Morgan fingerprint density at radius 1 is 1.55 bits per heavy atom. The van der Waals surface area contributed by atoms with E-state index in [0.717, 1.165) is 26.2 Å². The summed E-state index contributed by atoms with van der Waals surface area (Å²) in [7, 11) is 0. The molecule has 0 saturated carbocycles. The molecule has 1 aliphatic rings. The third kappa shape index (κ3) is 2.80. The van der Waals surface area contributed by atoms with Gasteiger partial charge in [0.15, 0.2) is 0 Å². The van der Waals surface area contributed by atoms with Gasteiger partial charge in [-0.1, -0.05) is 6.92 Å². The summed E-state index contributed by atoms with van der Waals surface area (Å²) >= 11 is 0. The summed E-state index contributed by atoms with van der Waals surface area (Å²) in [5, 5.41) is 3.47. The number of hydrogen-bond donors (Lipinski definition) is 1. The SMILES string of the molecule is CCCOCC1(C)CCCN1. The molecule has 0 radical (unpaired) electrons. The van der Waals surface area contributed by atoms with Crippen LogP contribution >= 0.6 is 0 Å². The van der Waals surface area contributed by atoms with Crippen molar-refractivity contribution in [2.24, 2.45) is 0 Å². The van der Waals surface area contributed by atoms with Crippen LogP contribution in [0.4, 0.5) is 0 Å². The first-order chi connectivity index (χ1) is 5.27. The molecule has 0 aromatic heterocycles. The van der Waals surface area contributed by atoms with Crippen molar-refractivity contribution in [2.75, 3.05) is 19.8 Å². The van der Waals surface area contributed by atoms with Crippen LogP contribution in [-0.2, 0) is 4.74 Å². The average molecular weight is 157 g/mol. The smallest absolute Gasteiger partial charge is 0.0645 e. The van der Waals surface area contributed by atoms with Gasteiger partial charge in [0.05, 0.1) is 6.61 Å². The minimum atomic E-state index is 0.273. The van der Waals surface area contributed by atoms with Gasteiger partial charge in [-0.15, -0.1) is 0 Å². The maximum atomic E-state index is 5.51. The Hall–Kier alpha value is -0.0800. The van der Waals surface area contributed by atoms with Gasteiger partial charge in [-0.3, -0.25) is 0 Å². The van der Waals surface area contributed by atoms with E-state index in [1.165, 1.54) is 12.8 Å². The Labute approximate surface area is 69.3 Å². The van der Waals surface area contributed by atoms with Crippen molar-refractivity contribution in [3.63, 3.8) is 0 Å². The number of nitrogens with one attached hydrogen (secondary N) is 1. The lowest BCUT2D eigenvalue weighted by Gasteiger charge is -2.23. The van der Waals surface area contributed by atoms with Crippen LogP contribution in [0, 0.1) is 0 Å². The molecule has 1 N–H and O–H groups in total. The zero-order valence-corrected chi connectivity index (χ0v) is 7.65. The second-order valence-electron chi connectivity index (χ2n) is 3.64. The van der Waals surface area contributed by atoms with Crippen LogP contribution in [0.15, 0.2) is 0 Å². The molecule has 0 aliphatic carbocycles. The second kappa shape index (κ2) is 4.07. The van der Waals surface area contributed by atoms with Crippen molar-refractivity contribution in [1.82, 2.24) is 5.32 Å². The first-order valence-corrected chi connectivity index (χ1v) is 4.60. The normalized spacial score (nSPS) is 31.1. The van der Waals surface area contributed by atoms with E-state index in [4.69, 9.17) is 4.74 Å². The van der Waals surface area contributed by atoms with E-state index in [-0.39, 0.29) is 5.54 Å². The van der Waals surface area contributed by atoms with E-state index in [0.29, 0.717) is 0 Å². The van der Waals surface area contributed by atoms with Gasteiger partial charge < -0.3 is 10.1 Å². The highest BCUT2D eigenvalue weighted by Gasteiger charge is 2.27. The van der Waals surface area contributed by atoms with Gasteiger partial charge in [0, 0.05) is 12.1 Å². The van der Waals surface area contributed by atoms with Crippen LogP contribution in [0.3, 0.4) is 0 Å². The summed E-state index contributed by atoms with van der Waals surface area (Å²) < 4.78 is 5.51. The summed E-state index contributed by atoms with van der Waals surface area (Å²) in [6.45, 7) is 7.32. The van der Waals surface area contributed by atoms with Crippen molar-refractivity contribution in [1.29, 1.82) is 0 Å². The predicted molar refractivity (Wildman–Crippen MR) is 46.8 cm³/mol. The topological polar surface area (TPSA) is 21.3 Å². The van der Waals surface area contributed by atoms with Crippen molar-refractivity contribution in [3.05, 3.63) is 0 Å². The summed E-state index contributed by atoms with van der Waals surface area (Å²) in [4.78, 5) is 0. The molecule has 1 heterocycles. The number of hydrogen-bond acceptors (Lipinski definition) is 2. The summed E-state index contributed by atoms with van der Waals surface area (Å²) in [5.74, 6) is 0. The van der Waals surface area contributed by atoms with Gasteiger partial charge in [0.25, 0.3) is 0 Å². The highest BCUT2D eigenvalue weighted by atomic mass is 16.5. The molecule has 0 amide bonds. The lowest BCUT2D eigenvalue weighted by Crippen LogP contribution is -2.40. The summed E-state index contributed by atoms with van der Waals surface area (Å²) in [6.07, 6.45) is 3.68. The molecule has 1 unspecified atom stereocenters. The molecule has 1 saturated heterocycles. The first-order valence-electron chi connectivity index (χ1n) is 4.60. The van der Waals surface area contributed by atoms with E-state index in [2.05, 4.69) is 19.2 Å². The van der Waals surface area contributed by atoms with Gasteiger partial charge in [-0.25, -0.2) is 0 Å². The molecular formula is C9H19NO. The molecule has 66 valence electrons. The fourth-order valence-electron chi connectivity index (χ4n) is 1.52. The van der Waals surface area contributed by atoms with Crippen LogP contribution in [0.5, 0.6) is 0 Å². The monoisotopic (exact) mass is 157 g/mol. The maximum Gasteiger partial charge on any atom is 0.0645 e. The third-order valence-electron chi connectivity index (χ3n) is 2.23. The predicted octanol–water partition coefficient (Wildman–Crippen LogP) is 1.56. The third-order valence-corrected chi connectivity index (χ3v) is 2.23. The van der Waals surface area contributed by atoms with Crippen LogP contribution < -0.4 is 5.32 Å². The van der Waals surface area contributed by atoms with Gasteiger partial charge in [0.2, 0.25) is 0 Å². The Morgan fingerprint density at radius 3 is 2.91 bits per heavy atom. The van der Waals surface area contributed by atoms with Crippen LogP contribution in [0.1, 0.15) is 33.1 Å². The van der Waals surface area contributed by atoms with E-state index in [9.17, 15) is 0 Å². The van der Waals surface area contributed by atoms with Gasteiger partial charge in [0.1, 0.15) is 0 Å². The van der Waals surface area contributed by atoms with Crippen molar-refractivity contribution < 1.29 is 4.74 Å².